The van der Waals surface area contributed by atoms with Gasteiger partial charge < -0.3 is 15.5 Å². The number of carboxylic acid groups (broad SMARTS) is 2. The van der Waals surface area contributed by atoms with Gasteiger partial charge in [-0.25, -0.2) is 9.48 Å². The number of aromatic nitrogens is 2. The molecule has 1 rings (SSSR count). The zero-order chi connectivity index (χ0) is 16.0. The molecule has 0 aromatic carbocycles. The van der Waals surface area contributed by atoms with Crippen molar-refractivity contribution in [3.05, 3.63) is 32.8 Å². The molecule has 0 fully saturated rings. The highest BCUT2D eigenvalue weighted by Gasteiger charge is 2.21. The van der Waals surface area contributed by atoms with Crippen LogP contribution in [0.1, 0.15) is 12.8 Å². The van der Waals surface area contributed by atoms with E-state index in [-0.39, 0.29) is 6.42 Å². The number of H-pyrrole nitrogens is 1. The first-order chi connectivity index (χ1) is 9.79. The summed E-state index contributed by atoms with van der Waals surface area (Å²) >= 11 is 0. The number of hydrogen-bond acceptors (Lipinski definition) is 5. The van der Waals surface area contributed by atoms with Crippen LogP contribution < -0.4 is 16.4 Å². The molecule has 0 aliphatic heterocycles. The summed E-state index contributed by atoms with van der Waals surface area (Å²) in [4.78, 5) is 55.3. The Morgan fingerprint density at radius 2 is 1.90 bits per heavy atom. The maximum absolute atomic E-state index is 11.6. The number of nitrogens with zero attached hydrogens (tertiary/aromatic N) is 1. The second kappa shape index (κ2) is 7.03. The summed E-state index contributed by atoms with van der Waals surface area (Å²) in [5, 5.41) is 21.5. The number of aliphatic carboxylic acids is 2. The SMILES string of the molecule is O=C(O)CC[C@H](NC(=O)Cn1[nH]c(=O)ccc1=O)C(=O)O. The minimum Gasteiger partial charge on any atom is -0.481 e. The summed E-state index contributed by atoms with van der Waals surface area (Å²) in [7, 11) is 0. The maximum Gasteiger partial charge on any atom is 0.326 e. The molecule has 0 aliphatic rings. The van der Waals surface area contributed by atoms with Gasteiger partial charge in [-0.15, -0.1) is 0 Å². The number of nitrogens with one attached hydrogen (secondary N) is 2. The fourth-order valence-electron chi connectivity index (χ4n) is 1.49. The molecule has 0 bridgehead atoms. The Bertz CT molecular complexity index is 660. The Kier molecular flexibility index (Phi) is 5.40. The summed E-state index contributed by atoms with van der Waals surface area (Å²) in [6.07, 6.45) is -0.726. The Balaban J connectivity index is 2.72. The Morgan fingerprint density at radius 3 is 2.48 bits per heavy atom. The van der Waals surface area contributed by atoms with Crippen molar-refractivity contribution in [1.29, 1.82) is 0 Å². The summed E-state index contributed by atoms with van der Waals surface area (Å²) in [5.74, 6) is -3.42. The predicted octanol–water partition coefficient (Wildman–Crippen LogP) is -2.03. The van der Waals surface area contributed by atoms with Crippen molar-refractivity contribution in [3.8, 4) is 0 Å². The molecule has 1 amide bonds. The van der Waals surface area contributed by atoms with E-state index in [1.807, 2.05) is 0 Å². The zero-order valence-corrected chi connectivity index (χ0v) is 10.7. The second-order valence-corrected chi connectivity index (χ2v) is 4.12. The van der Waals surface area contributed by atoms with Gasteiger partial charge in [-0.2, -0.15) is 0 Å². The Labute approximate surface area is 117 Å². The smallest absolute Gasteiger partial charge is 0.326 e. The van der Waals surface area contributed by atoms with Crippen molar-refractivity contribution in [2.24, 2.45) is 0 Å². The number of rotatable bonds is 7. The molecule has 1 aromatic heterocycles. The van der Waals surface area contributed by atoms with Gasteiger partial charge in [0.15, 0.2) is 0 Å². The van der Waals surface area contributed by atoms with Gasteiger partial charge in [-0.05, 0) is 6.42 Å². The molecule has 10 nitrogen and oxygen atoms in total. The quantitative estimate of drug-likeness (QED) is 0.452. The average molecular weight is 299 g/mol. The van der Waals surface area contributed by atoms with Crippen LogP contribution in [0.15, 0.2) is 21.7 Å². The lowest BCUT2D eigenvalue weighted by atomic mass is 10.1. The van der Waals surface area contributed by atoms with Crippen molar-refractivity contribution >= 4 is 17.8 Å². The van der Waals surface area contributed by atoms with Crippen molar-refractivity contribution in [1.82, 2.24) is 15.1 Å². The molecule has 0 radical (unpaired) electrons. The fraction of sp³-hybridized carbons (Fsp3) is 0.364. The molecule has 0 aliphatic carbocycles. The molecular formula is C11H13N3O7. The normalized spacial score (nSPS) is 11.6. The van der Waals surface area contributed by atoms with Gasteiger partial charge in [0.2, 0.25) is 5.91 Å². The number of carbonyl (C=O) groups is 3. The summed E-state index contributed by atoms with van der Waals surface area (Å²) in [6.45, 7) is -0.578. The van der Waals surface area contributed by atoms with Crippen LogP contribution in [0.4, 0.5) is 0 Å². The topological polar surface area (TPSA) is 159 Å². The zero-order valence-electron chi connectivity index (χ0n) is 10.7. The van der Waals surface area contributed by atoms with E-state index >= 15 is 0 Å². The number of carbonyl (C=O) groups excluding carboxylic acids is 1. The molecule has 1 heterocycles. The largest absolute Gasteiger partial charge is 0.481 e. The first kappa shape index (κ1) is 16.1. The second-order valence-electron chi connectivity index (χ2n) is 4.12. The molecule has 0 saturated carbocycles. The highest BCUT2D eigenvalue weighted by atomic mass is 16.4. The predicted molar refractivity (Wildman–Crippen MR) is 67.8 cm³/mol. The molecule has 21 heavy (non-hydrogen) atoms. The lowest BCUT2D eigenvalue weighted by Gasteiger charge is -2.13. The van der Waals surface area contributed by atoms with Crippen molar-refractivity contribution < 1.29 is 24.6 Å². The number of aromatic amines is 1. The minimum atomic E-state index is -1.39. The van der Waals surface area contributed by atoms with Gasteiger partial charge in [0, 0.05) is 18.6 Å². The van der Waals surface area contributed by atoms with Gasteiger partial charge >= 0.3 is 11.9 Å². The lowest BCUT2D eigenvalue weighted by Crippen LogP contribution is -2.44. The molecule has 1 aromatic rings. The molecule has 1 atom stereocenters. The van der Waals surface area contributed by atoms with Gasteiger partial charge in [0.05, 0.1) is 0 Å². The van der Waals surface area contributed by atoms with Crippen LogP contribution in [0, 0.1) is 0 Å². The van der Waals surface area contributed by atoms with Crippen molar-refractivity contribution in [3.63, 3.8) is 0 Å². The van der Waals surface area contributed by atoms with Crippen LogP contribution in [0.2, 0.25) is 0 Å². The third-order valence-corrected chi connectivity index (χ3v) is 2.47. The standard InChI is InChI=1S/C11H13N3O7/c15-7-2-3-9(17)14(13-7)5-8(16)12-6(11(20)21)1-4-10(18)19/h2-3,6H,1,4-5H2,(H,12,16)(H,13,15)(H,18,19)(H,20,21)/t6-/m0/s1. The minimum absolute atomic E-state index is 0.295. The highest BCUT2D eigenvalue weighted by molar-refractivity contribution is 5.83. The average Bonchev–Trinajstić information content (AvgIpc) is 2.38. The lowest BCUT2D eigenvalue weighted by molar-refractivity contribution is -0.143. The Hall–Kier alpha value is -2.91. The Morgan fingerprint density at radius 1 is 1.24 bits per heavy atom. The first-order valence-electron chi connectivity index (χ1n) is 5.83. The van der Waals surface area contributed by atoms with E-state index in [9.17, 15) is 24.0 Å². The van der Waals surface area contributed by atoms with Crippen molar-refractivity contribution in [2.45, 2.75) is 25.4 Å². The van der Waals surface area contributed by atoms with E-state index in [1.54, 1.807) is 0 Å². The molecule has 10 heteroatoms. The molecule has 0 unspecified atom stereocenters. The van der Waals surface area contributed by atoms with Gasteiger partial charge in [-0.3, -0.25) is 24.3 Å². The highest BCUT2D eigenvalue weighted by Crippen LogP contribution is 1.98. The molecular weight excluding hydrogens is 286 g/mol. The molecule has 4 N–H and O–H groups in total. The van der Waals surface area contributed by atoms with Crippen LogP contribution in [0.5, 0.6) is 0 Å². The maximum atomic E-state index is 11.6. The summed E-state index contributed by atoms with van der Waals surface area (Å²) in [6, 6.07) is 0.564. The molecule has 114 valence electrons. The van der Waals surface area contributed by atoms with E-state index in [0.29, 0.717) is 4.68 Å². The third kappa shape index (κ3) is 5.30. The fourth-order valence-corrected chi connectivity index (χ4v) is 1.49. The number of amides is 1. The first-order valence-corrected chi connectivity index (χ1v) is 5.83. The van der Waals surface area contributed by atoms with Crippen LogP contribution in [-0.4, -0.2) is 43.9 Å². The van der Waals surface area contributed by atoms with E-state index in [2.05, 4.69) is 10.4 Å². The summed E-state index contributed by atoms with van der Waals surface area (Å²) < 4.78 is 0.716. The van der Waals surface area contributed by atoms with Crippen LogP contribution in [-0.2, 0) is 20.9 Å². The van der Waals surface area contributed by atoms with Crippen LogP contribution in [0.25, 0.3) is 0 Å². The van der Waals surface area contributed by atoms with Crippen LogP contribution in [0.3, 0.4) is 0 Å². The van der Waals surface area contributed by atoms with Gasteiger partial charge in [0.1, 0.15) is 12.6 Å². The van der Waals surface area contributed by atoms with E-state index < -0.39 is 48.0 Å². The number of carboxylic acids is 2. The van der Waals surface area contributed by atoms with Gasteiger partial charge in [-0.1, -0.05) is 0 Å². The summed E-state index contributed by atoms with van der Waals surface area (Å²) in [5.41, 5.74) is -1.23. The molecule has 0 spiro atoms. The van der Waals surface area contributed by atoms with Crippen LogP contribution >= 0.6 is 0 Å². The monoisotopic (exact) mass is 299 g/mol. The van der Waals surface area contributed by atoms with E-state index in [4.69, 9.17) is 10.2 Å². The van der Waals surface area contributed by atoms with Crippen molar-refractivity contribution in [2.75, 3.05) is 0 Å². The third-order valence-electron chi connectivity index (χ3n) is 2.47. The van der Waals surface area contributed by atoms with E-state index in [0.717, 1.165) is 12.1 Å². The van der Waals surface area contributed by atoms with E-state index in [1.165, 1.54) is 0 Å². The number of hydrogen-bond donors (Lipinski definition) is 4. The molecule has 0 saturated heterocycles. The van der Waals surface area contributed by atoms with Gasteiger partial charge in [0.25, 0.3) is 11.1 Å².